The number of rotatable bonds is 6. The van der Waals surface area contributed by atoms with Crippen LogP contribution in [0.4, 0.5) is 5.69 Å². The summed E-state index contributed by atoms with van der Waals surface area (Å²) in [5.74, 6) is 0.159. The summed E-state index contributed by atoms with van der Waals surface area (Å²) in [5.41, 5.74) is -0.425. The molecule has 1 aromatic rings. The van der Waals surface area contributed by atoms with Gasteiger partial charge < -0.3 is 0 Å². The van der Waals surface area contributed by atoms with Crippen molar-refractivity contribution in [3.05, 3.63) is 33.3 Å². The molecule has 112 valence electrons. The van der Waals surface area contributed by atoms with E-state index in [1.165, 1.54) is 12.1 Å². The Hall–Kier alpha value is -1.18. The molecule has 0 bridgehead atoms. The molecule has 0 aliphatic carbocycles. The fourth-order valence-electron chi connectivity index (χ4n) is 1.58. The van der Waals surface area contributed by atoms with Crippen LogP contribution >= 0.6 is 11.6 Å². The normalized spacial score (nSPS) is 14.8. The Balaban J connectivity index is 3.10. The minimum Gasteiger partial charge on any atom is -0.258 e. The molecule has 0 spiro atoms. The van der Waals surface area contributed by atoms with Crippen LogP contribution in [0.25, 0.3) is 0 Å². The van der Waals surface area contributed by atoms with E-state index in [1.54, 1.807) is 6.92 Å². The zero-order valence-corrected chi connectivity index (χ0v) is 13.0. The van der Waals surface area contributed by atoms with E-state index in [1.807, 2.05) is 13.8 Å². The molecular formula is C12H17ClN2O4S. The summed E-state index contributed by atoms with van der Waals surface area (Å²) in [7, 11) is -3.80. The zero-order chi connectivity index (χ0) is 15.5. The van der Waals surface area contributed by atoms with E-state index in [9.17, 15) is 18.5 Å². The van der Waals surface area contributed by atoms with Crippen LogP contribution in [0.2, 0.25) is 5.02 Å². The third-order valence-corrected chi connectivity index (χ3v) is 5.14. The Kier molecular flexibility index (Phi) is 5.50. The van der Waals surface area contributed by atoms with E-state index in [-0.39, 0.29) is 21.9 Å². The summed E-state index contributed by atoms with van der Waals surface area (Å²) in [6.45, 7) is 5.65. The first kappa shape index (κ1) is 16.9. The van der Waals surface area contributed by atoms with Crippen LogP contribution in [-0.2, 0) is 10.0 Å². The van der Waals surface area contributed by atoms with Gasteiger partial charge in [0.15, 0.2) is 0 Å². The van der Waals surface area contributed by atoms with E-state index >= 15 is 0 Å². The summed E-state index contributed by atoms with van der Waals surface area (Å²) in [6.07, 6.45) is 0.824. The van der Waals surface area contributed by atoms with Crippen molar-refractivity contribution in [1.82, 2.24) is 4.72 Å². The average Bonchev–Trinajstić information content (AvgIpc) is 2.36. The highest BCUT2D eigenvalue weighted by Gasteiger charge is 2.23. The number of nitrogens with one attached hydrogen (secondary N) is 1. The Labute approximate surface area is 123 Å². The summed E-state index contributed by atoms with van der Waals surface area (Å²) >= 11 is 5.66. The largest absolute Gasteiger partial charge is 0.289 e. The number of benzene rings is 1. The molecule has 0 saturated heterocycles. The molecule has 0 heterocycles. The van der Waals surface area contributed by atoms with Gasteiger partial charge >= 0.3 is 0 Å². The lowest BCUT2D eigenvalue weighted by Gasteiger charge is -2.19. The van der Waals surface area contributed by atoms with Crippen molar-refractivity contribution in [2.45, 2.75) is 38.1 Å². The monoisotopic (exact) mass is 320 g/mol. The molecule has 1 aromatic carbocycles. The summed E-state index contributed by atoms with van der Waals surface area (Å²) in [5, 5.41) is 10.7. The summed E-state index contributed by atoms with van der Waals surface area (Å²) < 4.78 is 26.9. The van der Waals surface area contributed by atoms with E-state index in [0.29, 0.717) is 0 Å². The molecule has 0 aromatic heterocycles. The van der Waals surface area contributed by atoms with Gasteiger partial charge in [0.2, 0.25) is 10.0 Å². The van der Waals surface area contributed by atoms with Crippen LogP contribution < -0.4 is 4.72 Å². The number of sulfonamides is 1. The number of nitro groups is 1. The molecule has 1 rings (SSSR count). The second-order valence-corrected chi connectivity index (χ2v) is 6.79. The quantitative estimate of drug-likeness (QED) is 0.644. The van der Waals surface area contributed by atoms with Gasteiger partial charge in [-0.1, -0.05) is 31.9 Å². The van der Waals surface area contributed by atoms with Gasteiger partial charge in [-0.15, -0.1) is 0 Å². The van der Waals surface area contributed by atoms with Crippen molar-refractivity contribution in [3.63, 3.8) is 0 Å². The second-order valence-electron chi connectivity index (χ2n) is 4.67. The van der Waals surface area contributed by atoms with Gasteiger partial charge in [0.05, 0.1) is 9.82 Å². The molecule has 0 radical (unpaired) electrons. The van der Waals surface area contributed by atoms with Crippen molar-refractivity contribution in [3.8, 4) is 0 Å². The predicted octanol–water partition coefficient (Wildman–Crippen LogP) is 2.96. The van der Waals surface area contributed by atoms with Gasteiger partial charge in [0.1, 0.15) is 5.02 Å². The SMILES string of the molecule is CCC(C)C(C)NS(=O)(=O)c1ccc(Cl)c([N+](=O)[O-])c1. The average molecular weight is 321 g/mol. The standard InChI is InChI=1S/C12H17ClN2O4S/c1-4-8(2)9(3)14-20(18,19)10-5-6-11(13)12(7-10)15(16)17/h5-9,14H,4H2,1-3H3. The zero-order valence-electron chi connectivity index (χ0n) is 11.5. The molecule has 0 saturated carbocycles. The number of halogens is 1. The first-order valence-corrected chi connectivity index (χ1v) is 8.01. The van der Waals surface area contributed by atoms with Crippen molar-refractivity contribution >= 4 is 27.3 Å². The molecular weight excluding hydrogens is 304 g/mol. The first-order chi connectivity index (χ1) is 9.19. The predicted molar refractivity (Wildman–Crippen MR) is 77.3 cm³/mol. The third kappa shape index (κ3) is 3.91. The molecule has 0 aliphatic heterocycles. The molecule has 8 heteroatoms. The van der Waals surface area contributed by atoms with Gasteiger partial charge in [0.25, 0.3) is 5.69 Å². The van der Waals surface area contributed by atoms with Gasteiger partial charge in [-0.3, -0.25) is 10.1 Å². The summed E-state index contributed by atoms with van der Waals surface area (Å²) in [4.78, 5) is 9.91. The number of hydrogen-bond donors (Lipinski definition) is 1. The molecule has 0 amide bonds. The number of hydrogen-bond acceptors (Lipinski definition) is 4. The molecule has 2 unspecified atom stereocenters. The maximum Gasteiger partial charge on any atom is 0.289 e. The lowest BCUT2D eigenvalue weighted by atomic mass is 10.0. The first-order valence-electron chi connectivity index (χ1n) is 6.15. The van der Waals surface area contributed by atoms with Gasteiger partial charge in [-0.2, -0.15) is 0 Å². The summed E-state index contributed by atoms with van der Waals surface area (Å²) in [6, 6.07) is 3.16. The molecule has 20 heavy (non-hydrogen) atoms. The lowest BCUT2D eigenvalue weighted by molar-refractivity contribution is -0.384. The van der Waals surface area contributed by atoms with E-state index in [2.05, 4.69) is 4.72 Å². The molecule has 6 nitrogen and oxygen atoms in total. The van der Waals surface area contributed by atoms with Gasteiger partial charge in [0, 0.05) is 12.1 Å². The Morgan fingerprint density at radius 3 is 2.50 bits per heavy atom. The van der Waals surface area contributed by atoms with Crippen LogP contribution in [-0.4, -0.2) is 19.4 Å². The maximum atomic E-state index is 12.2. The molecule has 0 aliphatic rings. The second kappa shape index (κ2) is 6.51. The molecule has 2 atom stereocenters. The lowest BCUT2D eigenvalue weighted by Crippen LogP contribution is -2.36. The van der Waals surface area contributed by atoms with E-state index in [0.717, 1.165) is 12.5 Å². The molecule has 0 fully saturated rings. The van der Waals surface area contributed by atoms with Crippen LogP contribution in [0, 0.1) is 16.0 Å². The number of nitro benzene ring substituents is 1. The van der Waals surface area contributed by atoms with Crippen LogP contribution in [0.3, 0.4) is 0 Å². The number of nitrogens with zero attached hydrogens (tertiary/aromatic N) is 1. The third-order valence-electron chi connectivity index (χ3n) is 3.26. The minimum absolute atomic E-state index is 0.0936. The Bertz CT molecular complexity index is 603. The van der Waals surface area contributed by atoms with Crippen molar-refractivity contribution in [1.29, 1.82) is 0 Å². The Morgan fingerprint density at radius 1 is 1.40 bits per heavy atom. The van der Waals surface area contributed by atoms with Crippen LogP contribution in [0.15, 0.2) is 23.1 Å². The van der Waals surface area contributed by atoms with Gasteiger partial charge in [-0.05, 0) is 25.0 Å². The highest BCUT2D eigenvalue weighted by atomic mass is 35.5. The van der Waals surface area contributed by atoms with Crippen molar-refractivity contribution < 1.29 is 13.3 Å². The van der Waals surface area contributed by atoms with Crippen molar-refractivity contribution in [2.24, 2.45) is 5.92 Å². The maximum absolute atomic E-state index is 12.2. The topological polar surface area (TPSA) is 89.3 Å². The fourth-order valence-corrected chi connectivity index (χ4v) is 3.14. The highest BCUT2D eigenvalue weighted by molar-refractivity contribution is 7.89. The van der Waals surface area contributed by atoms with Crippen LogP contribution in [0.1, 0.15) is 27.2 Å². The minimum atomic E-state index is -3.80. The van der Waals surface area contributed by atoms with Gasteiger partial charge in [-0.25, -0.2) is 13.1 Å². The smallest absolute Gasteiger partial charge is 0.258 e. The van der Waals surface area contributed by atoms with E-state index in [4.69, 9.17) is 11.6 Å². The fraction of sp³-hybridized carbons (Fsp3) is 0.500. The van der Waals surface area contributed by atoms with Crippen molar-refractivity contribution in [2.75, 3.05) is 0 Å². The van der Waals surface area contributed by atoms with Crippen LogP contribution in [0.5, 0.6) is 0 Å². The van der Waals surface area contributed by atoms with E-state index < -0.39 is 20.6 Å². The highest BCUT2D eigenvalue weighted by Crippen LogP contribution is 2.27. The molecule has 1 N–H and O–H groups in total. The Morgan fingerprint density at radius 2 is 2.00 bits per heavy atom.